The molecular weight excluding hydrogens is 374 g/mol. The molecule has 1 aliphatic heterocycles. The number of fused-ring (bicyclic) bond motifs is 1. The topological polar surface area (TPSA) is 103 Å². The summed E-state index contributed by atoms with van der Waals surface area (Å²) in [5.74, 6) is 0.996. The van der Waals surface area contributed by atoms with Gasteiger partial charge in [0.25, 0.3) is 11.6 Å². The molecule has 0 spiro atoms. The number of carbonyl (C=O) groups is 1. The predicted molar refractivity (Wildman–Crippen MR) is 108 cm³/mol. The molecule has 0 aromatic heterocycles. The first-order valence-electron chi connectivity index (χ1n) is 9.80. The van der Waals surface area contributed by atoms with Gasteiger partial charge in [-0.3, -0.25) is 14.9 Å². The molecular formula is C21H23N3O5. The number of hydrogen-bond acceptors (Lipinski definition) is 6. The second kappa shape index (κ2) is 7.98. The highest BCUT2D eigenvalue weighted by molar-refractivity contribution is 5.96. The molecule has 2 aromatic carbocycles. The molecule has 1 atom stereocenters. The van der Waals surface area contributed by atoms with Crippen LogP contribution in [0.3, 0.4) is 0 Å². The quantitative estimate of drug-likeness (QED) is 0.544. The van der Waals surface area contributed by atoms with Crippen LogP contribution in [-0.2, 0) is 0 Å². The molecule has 152 valence electrons. The summed E-state index contributed by atoms with van der Waals surface area (Å²) in [5.41, 5.74) is 1.52. The van der Waals surface area contributed by atoms with Gasteiger partial charge < -0.3 is 20.1 Å². The number of anilines is 1. The van der Waals surface area contributed by atoms with Crippen molar-refractivity contribution in [3.8, 4) is 11.5 Å². The van der Waals surface area contributed by atoms with E-state index in [1.165, 1.54) is 6.07 Å². The fourth-order valence-corrected chi connectivity index (χ4v) is 3.33. The number of nitro benzene ring substituents is 1. The summed E-state index contributed by atoms with van der Waals surface area (Å²) >= 11 is 0. The van der Waals surface area contributed by atoms with Crippen LogP contribution in [-0.4, -0.2) is 30.1 Å². The Morgan fingerprint density at radius 1 is 1.17 bits per heavy atom. The largest absolute Gasteiger partial charge is 0.486 e. The summed E-state index contributed by atoms with van der Waals surface area (Å²) in [7, 11) is 0. The van der Waals surface area contributed by atoms with Gasteiger partial charge in [0.15, 0.2) is 11.5 Å². The van der Waals surface area contributed by atoms with Crippen LogP contribution in [0.4, 0.5) is 11.4 Å². The minimum Gasteiger partial charge on any atom is -0.486 e. The second-order valence-electron chi connectivity index (χ2n) is 7.25. The zero-order chi connectivity index (χ0) is 20.4. The minimum absolute atomic E-state index is 0.0862. The molecule has 0 radical (unpaired) electrons. The van der Waals surface area contributed by atoms with Crippen LogP contribution in [0, 0.1) is 10.1 Å². The van der Waals surface area contributed by atoms with Gasteiger partial charge in [-0.1, -0.05) is 13.0 Å². The third-order valence-corrected chi connectivity index (χ3v) is 5.08. The van der Waals surface area contributed by atoms with E-state index in [0.717, 1.165) is 18.4 Å². The van der Waals surface area contributed by atoms with Crippen LogP contribution in [0.1, 0.15) is 48.1 Å². The highest BCUT2D eigenvalue weighted by atomic mass is 16.6. The molecule has 2 aliphatic rings. The normalized spacial score (nSPS) is 16.0. The second-order valence-corrected chi connectivity index (χ2v) is 7.25. The predicted octanol–water partition coefficient (Wildman–Crippen LogP) is 3.82. The minimum atomic E-state index is -0.459. The zero-order valence-electron chi connectivity index (χ0n) is 16.1. The Labute approximate surface area is 168 Å². The number of ether oxygens (including phenoxy) is 2. The Morgan fingerprint density at radius 3 is 2.62 bits per heavy atom. The van der Waals surface area contributed by atoms with Crippen molar-refractivity contribution in [3.05, 3.63) is 57.6 Å². The van der Waals surface area contributed by atoms with E-state index in [1.54, 1.807) is 12.1 Å². The Kier molecular flexibility index (Phi) is 5.24. The van der Waals surface area contributed by atoms with Gasteiger partial charge in [0, 0.05) is 17.7 Å². The molecule has 29 heavy (non-hydrogen) atoms. The Bertz CT molecular complexity index is 942. The van der Waals surface area contributed by atoms with Crippen LogP contribution >= 0.6 is 0 Å². The summed E-state index contributed by atoms with van der Waals surface area (Å²) in [6.45, 7) is 2.97. The van der Waals surface area contributed by atoms with Gasteiger partial charge in [-0.15, -0.1) is 0 Å². The van der Waals surface area contributed by atoms with E-state index < -0.39 is 4.92 Å². The van der Waals surface area contributed by atoms with Crippen molar-refractivity contribution in [1.29, 1.82) is 0 Å². The Hall–Kier alpha value is -3.29. The average molecular weight is 397 g/mol. The lowest BCUT2D eigenvalue weighted by Gasteiger charge is -2.22. The van der Waals surface area contributed by atoms with Crippen molar-refractivity contribution in [2.24, 2.45) is 0 Å². The maximum Gasteiger partial charge on any atom is 0.293 e. The molecule has 4 rings (SSSR count). The van der Waals surface area contributed by atoms with Crippen LogP contribution in [0.2, 0.25) is 0 Å². The Morgan fingerprint density at radius 2 is 1.93 bits per heavy atom. The first-order valence-corrected chi connectivity index (χ1v) is 9.80. The summed E-state index contributed by atoms with van der Waals surface area (Å²) in [6, 6.07) is 10.2. The molecule has 0 saturated heterocycles. The number of hydrogen-bond donors (Lipinski definition) is 2. The fourth-order valence-electron chi connectivity index (χ4n) is 3.33. The van der Waals surface area contributed by atoms with E-state index >= 15 is 0 Å². The first-order chi connectivity index (χ1) is 14.0. The Balaban J connectivity index is 1.52. The van der Waals surface area contributed by atoms with E-state index in [-0.39, 0.29) is 29.2 Å². The zero-order valence-corrected chi connectivity index (χ0v) is 16.1. The smallest absolute Gasteiger partial charge is 0.293 e. The van der Waals surface area contributed by atoms with E-state index in [9.17, 15) is 14.9 Å². The van der Waals surface area contributed by atoms with E-state index in [2.05, 4.69) is 10.6 Å². The van der Waals surface area contributed by atoms with E-state index in [0.29, 0.717) is 36.8 Å². The van der Waals surface area contributed by atoms with Crippen LogP contribution in [0.25, 0.3) is 0 Å². The molecule has 1 unspecified atom stereocenters. The molecule has 1 saturated carbocycles. The standard InChI is InChI=1S/C21H23N3O5/c1-2-16(13-4-8-19-20(12-13)29-10-9-28-19)23-21(25)14-3-7-17(22-15-5-6-15)18(11-14)24(26)27/h3-4,7-8,11-12,15-16,22H,2,5-6,9-10H2,1H3,(H,23,25). The third-order valence-electron chi connectivity index (χ3n) is 5.08. The highest BCUT2D eigenvalue weighted by Crippen LogP contribution is 2.34. The lowest BCUT2D eigenvalue weighted by molar-refractivity contribution is -0.384. The molecule has 8 heteroatoms. The molecule has 0 bridgehead atoms. The first kappa shape index (κ1) is 19.0. The molecule has 8 nitrogen and oxygen atoms in total. The van der Waals surface area contributed by atoms with Gasteiger partial charge in [-0.25, -0.2) is 0 Å². The van der Waals surface area contributed by atoms with Crippen molar-refractivity contribution in [1.82, 2.24) is 5.32 Å². The number of carbonyl (C=O) groups excluding carboxylic acids is 1. The molecule has 1 amide bonds. The maximum atomic E-state index is 12.8. The number of amides is 1. The van der Waals surface area contributed by atoms with Gasteiger partial charge in [0.2, 0.25) is 0 Å². The van der Waals surface area contributed by atoms with Crippen molar-refractivity contribution < 1.29 is 19.2 Å². The lowest BCUT2D eigenvalue weighted by atomic mass is 10.0. The van der Waals surface area contributed by atoms with Gasteiger partial charge >= 0.3 is 0 Å². The SMILES string of the molecule is CCC(NC(=O)c1ccc(NC2CC2)c([N+](=O)[O-])c1)c1ccc2c(c1)OCCO2. The van der Waals surface area contributed by atoms with Crippen molar-refractivity contribution in [2.75, 3.05) is 18.5 Å². The molecule has 1 heterocycles. The lowest BCUT2D eigenvalue weighted by Crippen LogP contribution is -2.28. The molecule has 1 fully saturated rings. The summed E-state index contributed by atoms with van der Waals surface area (Å²) in [4.78, 5) is 23.8. The van der Waals surface area contributed by atoms with Crippen LogP contribution < -0.4 is 20.1 Å². The number of nitro groups is 1. The monoisotopic (exact) mass is 397 g/mol. The molecule has 1 aliphatic carbocycles. The van der Waals surface area contributed by atoms with Crippen molar-refractivity contribution in [2.45, 2.75) is 38.3 Å². The van der Waals surface area contributed by atoms with Crippen molar-refractivity contribution >= 4 is 17.3 Å². The third kappa shape index (κ3) is 4.26. The number of nitrogens with one attached hydrogen (secondary N) is 2. The van der Waals surface area contributed by atoms with Gasteiger partial charge in [0.1, 0.15) is 18.9 Å². The molecule has 2 N–H and O–H groups in total. The summed E-state index contributed by atoms with van der Waals surface area (Å²) < 4.78 is 11.2. The average Bonchev–Trinajstić information content (AvgIpc) is 3.55. The summed E-state index contributed by atoms with van der Waals surface area (Å²) in [6.07, 6.45) is 2.68. The fraction of sp³-hybridized carbons (Fsp3) is 0.381. The van der Waals surface area contributed by atoms with E-state index in [4.69, 9.17) is 9.47 Å². The van der Waals surface area contributed by atoms with Gasteiger partial charge in [-0.05, 0) is 49.1 Å². The maximum absolute atomic E-state index is 12.8. The van der Waals surface area contributed by atoms with Gasteiger partial charge in [0.05, 0.1) is 11.0 Å². The van der Waals surface area contributed by atoms with Crippen LogP contribution in [0.5, 0.6) is 11.5 Å². The number of nitrogens with zero attached hydrogens (tertiary/aromatic N) is 1. The number of benzene rings is 2. The van der Waals surface area contributed by atoms with Crippen molar-refractivity contribution in [3.63, 3.8) is 0 Å². The highest BCUT2D eigenvalue weighted by Gasteiger charge is 2.26. The summed E-state index contributed by atoms with van der Waals surface area (Å²) in [5, 5.41) is 17.5. The van der Waals surface area contributed by atoms with Crippen LogP contribution in [0.15, 0.2) is 36.4 Å². The van der Waals surface area contributed by atoms with E-state index in [1.807, 2.05) is 25.1 Å². The van der Waals surface area contributed by atoms with Gasteiger partial charge in [-0.2, -0.15) is 0 Å². The number of rotatable bonds is 7. The molecule has 2 aromatic rings.